The Bertz CT molecular complexity index is 569. The molecular weight excluding hydrogens is 270 g/mol. The highest BCUT2D eigenvalue weighted by atomic mass is 35.5. The van der Waals surface area contributed by atoms with Gasteiger partial charge in [-0.05, 0) is 37.2 Å². The van der Waals surface area contributed by atoms with Crippen molar-refractivity contribution in [3.63, 3.8) is 0 Å². The molecule has 0 atom stereocenters. The van der Waals surface area contributed by atoms with Crippen molar-refractivity contribution in [3.05, 3.63) is 64.2 Å². The Morgan fingerprint density at radius 3 is 2.75 bits per heavy atom. The summed E-state index contributed by atoms with van der Waals surface area (Å²) in [5.74, 6) is 0.927. The van der Waals surface area contributed by atoms with Gasteiger partial charge in [-0.15, -0.1) is 0 Å². The van der Waals surface area contributed by atoms with Crippen molar-refractivity contribution >= 4 is 11.6 Å². The second-order valence-electron chi connectivity index (χ2n) is 4.81. The first-order chi connectivity index (χ1) is 9.69. The molecule has 3 heteroatoms. The molecule has 0 heterocycles. The third kappa shape index (κ3) is 4.26. The number of nitrogens with one attached hydrogen (secondary N) is 1. The molecule has 0 aliphatic carbocycles. The predicted octanol–water partition coefficient (Wildman–Crippen LogP) is 4.34. The number of aryl methyl sites for hydroxylation is 1. The molecule has 0 aliphatic heterocycles. The van der Waals surface area contributed by atoms with Crippen LogP contribution in [0.2, 0.25) is 5.02 Å². The van der Waals surface area contributed by atoms with Gasteiger partial charge in [0, 0.05) is 17.1 Å². The van der Waals surface area contributed by atoms with Crippen molar-refractivity contribution in [1.29, 1.82) is 0 Å². The maximum atomic E-state index is 5.98. The molecule has 2 nitrogen and oxygen atoms in total. The van der Waals surface area contributed by atoms with Crippen LogP contribution in [-0.2, 0) is 13.2 Å². The maximum absolute atomic E-state index is 5.98. The maximum Gasteiger partial charge on any atom is 0.124 e. The van der Waals surface area contributed by atoms with E-state index in [9.17, 15) is 0 Å². The second kappa shape index (κ2) is 7.32. The Morgan fingerprint density at radius 2 is 2.00 bits per heavy atom. The van der Waals surface area contributed by atoms with Crippen LogP contribution in [0.5, 0.6) is 5.75 Å². The van der Waals surface area contributed by atoms with Gasteiger partial charge in [-0.3, -0.25) is 0 Å². The third-order valence-corrected chi connectivity index (χ3v) is 3.30. The lowest BCUT2D eigenvalue weighted by atomic mass is 10.1. The molecule has 20 heavy (non-hydrogen) atoms. The number of halogens is 1. The van der Waals surface area contributed by atoms with Crippen molar-refractivity contribution < 1.29 is 4.74 Å². The van der Waals surface area contributed by atoms with Crippen molar-refractivity contribution in [2.24, 2.45) is 0 Å². The smallest absolute Gasteiger partial charge is 0.124 e. The van der Waals surface area contributed by atoms with Crippen LogP contribution in [-0.4, -0.2) is 6.54 Å². The highest BCUT2D eigenvalue weighted by Crippen LogP contribution is 2.22. The van der Waals surface area contributed by atoms with Crippen LogP contribution in [0.4, 0.5) is 0 Å². The summed E-state index contributed by atoms with van der Waals surface area (Å²) in [6.45, 7) is 6.49. The average Bonchev–Trinajstić information content (AvgIpc) is 2.44. The zero-order valence-corrected chi connectivity index (χ0v) is 12.7. The van der Waals surface area contributed by atoms with Crippen molar-refractivity contribution in [2.45, 2.75) is 27.0 Å². The molecule has 0 saturated heterocycles. The van der Waals surface area contributed by atoms with E-state index in [4.69, 9.17) is 16.3 Å². The number of benzene rings is 2. The molecule has 0 unspecified atom stereocenters. The molecule has 2 aromatic carbocycles. The Labute approximate surface area is 125 Å². The molecule has 2 rings (SSSR count). The molecule has 0 bridgehead atoms. The fourth-order valence-corrected chi connectivity index (χ4v) is 2.25. The van der Waals surface area contributed by atoms with Gasteiger partial charge in [0.15, 0.2) is 0 Å². The highest BCUT2D eigenvalue weighted by molar-refractivity contribution is 6.30. The summed E-state index contributed by atoms with van der Waals surface area (Å²) in [6.07, 6.45) is 0. The SMILES string of the molecule is CCNCc1cc(C)ccc1OCc1cccc(Cl)c1. The molecule has 0 radical (unpaired) electrons. The van der Waals surface area contributed by atoms with Gasteiger partial charge >= 0.3 is 0 Å². The molecule has 0 amide bonds. The van der Waals surface area contributed by atoms with Gasteiger partial charge in [-0.25, -0.2) is 0 Å². The Balaban J connectivity index is 2.08. The minimum absolute atomic E-state index is 0.531. The fourth-order valence-electron chi connectivity index (χ4n) is 2.03. The summed E-state index contributed by atoms with van der Waals surface area (Å²) in [6, 6.07) is 14.0. The van der Waals surface area contributed by atoms with Crippen LogP contribution in [0.3, 0.4) is 0 Å². The number of hydrogen-bond donors (Lipinski definition) is 1. The lowest BCUT2D eigenvalue weighted by Gasteiger charge is -2.13. The van der Waals surface area contributed by atoms with E-state index in [1.165, 1.54) is 11.1 Å². The van der Waals surface area contributed by atoms with Gasteiger partial charge in [0.25, 0.3) is 0 Å². The van der Waals surface area contributed by atoms with Gasteiger partial charge in [0.1, 0.15) is 12.4 Å². The van der Waals surface area contributed by atoms with E-state index in [0.717, 1.165) is 29.4 Å². The first-order valence-electron chi connectivity index (χ1n) is 6.86. The van der Waals surface area contributed by atoms with Crippen molar-refractivity contribution in [3.8, 4) is 5.75 Å². The molecule has 106 valence electrons. The normalized spacial score (nSPS) is 10.6. The zero-order valence-electron chi connectivity index (χ0n) is 11.9. The van der Waals surface area contributed by atoms with E-state index in [0.29, 0.717) is 6.61 Å². The van der Waals surface area contributed by atoms with E-state index in [1.807, 2.05) is 30.3 Å². The molecule has 0 aromatic heterocycles. The Morgan fingerprint density at radius 1 is 1.15 bits per heavy atom. The Kier molecular flexibility index (Phi) is 5.45. The molecule has 0 spiro atoms. The summed E-state index contributed by atoms with van der Waals surface area (Å²) >= 11 is 5.98. The van der Waals surface area contributed by atoms with E-state index >= 15 is 0 Å². The van der Waals surface area contributed by atoms with Crippen LogP contribution in [0.1, 0.15) is 23.6 Å². The number of rotatable bonds is 6. The van der Waals surface area contributed by atoms with Crippen LogP contribution in [0, 0.1) is 6.92 Å². The summed E-state index contributed by atoms with van der Waals surface area (Å²) in [7, 11) is 0. The average molecular weight is 290 g/mol. The topological polar surface area (TPSA) is 21.3 Å². The molecule has 1 N–H and O–H groups in total. The minimum atomic E-state index is 0.531. The molecule has 0 saturated carbocycles. The van der Waals surface area contributed by atoms with Crippen LogP contribution < -0.4 is 10.1 Å². The standard InChI is InChI=1S/C17H20ClNO/c1-3-19-11-15-9-13(2)7-8-17(15)20-12-14-5-4-6-16(18)10-14/h4-10,19H,3,11-12H2,1-2H3. The number of hydrogen-bond acceptors (Lipinski definition) is 2. The largest absolute Gasteiger partial charge is 0.489 e. The van der Waals surface area contributed by atoms with E-state index < -0.39 is 0 Å². The lowest BCUT2D eigenvalue weighted by Crippen LogP contribution is -2.13. The summed E-state index contributed by atoms with van der Waals surface area (Å²) in [5, 5.41) is 4.08. The quantitative estimate of drug-likeness (QED) is 0.854. The van der Waals surface area contributed by atoms with E-state index in [1.54, 1.807) is 0 Å². The summed E-state index contributed by atoms with van der Waals surface area (Å²) in [5.41, 5.74) is 3.51. The van der Waals surface area contributed by atoms with Crippen LogP contribution in [0.15, 0.2) is 42.5 Å². The lowest BCUT2D eigenvalue weighted by molar-refractivity contribution is 0.302. The van der Waals surface area contributed by atoms with E-state index in [-0.39, 0.29) is 0 Å². The van der Waals surface area contributed by atoms with Gasteiger partial charge in [-0.1, -0.05) is 48.4 Å². The zero-order chi connectivity index (χ0) is 14.4. The van der Waals surface area contributed by atoms with E-state index in [2.05, 4.69) is 31.3 Å². The van der Waals surface area contributed by atoms with Crippen molar-refractivity contribution in [1.82, 2.24) is 5.32 Å². The van der Waals surface area contributed by atoms with Crippen molar-refractivity contribution in [2.75, 3.05) is 6.54 Å². The van der Waals surface area contributed by atoms with Crippen LogP contribution in [0.25, 0.3) is 0 Å². The van der Waals surface area contributed by atoms with Gasteiger partial charge in [-0.2, -0.15) is 0 Å². The van der Waals surface area contributed by atoms with Crippen LogP contribution >= 0.6 is 11.6 Å². The molecule has 2 aromatic rings. The predicted molar refractivity (Wildman–Crippen MR) is 84.3 cm³/mol. The molecule has 0 aliphatic rings. The summed E-state index contributed by atoms with van der Waals surface area (Å²) < 4.78 is 5.93. The first kappa shape index (κ1) is 14.9. The van der Waals surface area contributed by atoms with Gasteiger partial charge < -0.3 is 10.1 Å². The highest BCUT2D eigenvalue weighted by Gasteiger charge is 2.04. The van der Waals surface area contributed by atoms with Gasteiger partial charge in [0.2, 0.25) is 0 Å². The van der Waals surface area contributed by atoms with Gasteiger partial charge in [0.05, 0.1) is 0 Å². The fraction of sp³-hybridized carbons (Fsp3) is 0.294. The third-order valence-electron chi connectivity index (χ3n) is 3.06. The minimum Gasteiger partial charge on any atom is -0.489 e. The molecule has 0 fully saturated rings. The monoisotopic (exact) mass is 289 g/mol. The second-order valence-corrected chi connectivity index (χ2v) is 5.25. The first-order valence-corrected chi connectivity index (χ1v) is 7.24. The molecular formula is C17H20ClNO. The summed E-state index contributed by atoms with van der Waals surface area (Å²) in [4.78, 5) is 0. The Hall–Kier alpha value is -1.51. The number of ether oxygens (including phenoxy) is 1.